The first-order valence-electron chi connectivity index (χ1n) is 7.04. The molecule has 2 heterocycles. The van der Waals surface area contributed by atoms with Gasteiger partial charge in [-0.2, -0.15) is 0 Å². The van der Waals surface area contributed by atoms with E-state index in [-0.39, 0.29) is 12.0 Å². The van der Waals surface area contributed by atoms with Gasteiger partial charge < -0.3 is 5.11 Å². The molecule has 1 aliphatic heterocycles. The number of carbonyl (C=O) groups excluding carboxylic acids is 1. The van der Waals surface area contributed by atoms with Gasteiger partial charge in [-0.1, -0.05) is 6.07 Å². The summed E-state index contributed by atoms with van der Waals surface area (Å²) in [6, 6.07) is 5.38. The second-order valence-electron chi connectivity index (χ2n) is 5.75. The molecule has 1 saturated carbocycles. The molecule has 2 fully saturated rings. The number of aliphatic hydroxyl groups excluding tert-OH is 1. The molecule has 3 rings (SSSR count). The molecule has 3 unspecified atom stereocenters. The number of aliphatic hydroxyl groups is 1. The van der Waals surface area contributed by atoms with E-state index >= 15 is 0 Å². The Morgan fingerprint density at radius 3 is 3.05 bits per heavy atom. The molecule has 20 heavy (non-hydrogen) atoms. The number of hydrogen-bond acceptors (Lipinski definition) is 5. The Bertz CT molecular complexity index is 508. The molecule has 0 radical (unpaired) electrons. The van der Waals surface area contributed by atoms with Crippen LogP contribution in [0, 0.1) is 11.8 Å². The third-order valence-corrected chi connectivity index (χ3v) is 4.45. The lowest BCUT2D eigenvalue weighted by Crippen LogP contribution is -2.31. The van der Waals surface area contributed by atoms with Gasteiger partial charge in [-0.15, -0.1) is 0 Å². The Morgan fingerprint density at radius 1 is 1.45 bits per heavy atom. The van der Waals surface area contributed by atoms with Gasteiger partial charge in [-0.3, -0.25) is 15.1 Å². The number of hydrazine groups is 1. The Morgan fingerprint density at radius 2 is 2.30 bits per heavy atom. The van der Waals surface area contributed by atoms with E-state index in [9.17, 15) is 9.90 Å². The van der Waals surface area contributed by atoms with Crippen molar-refractivity contribution in [2.24, 2.45) is 17.7 Å². The van der Waals surface area contributed by atoms with E-state index in [4.69, 9.17) is 5.84 Å². The number of amides is 1. The lowest BCUT2D eigenvalue weighted by atomic mass is 10.00. The van der Waals surface area contributed by atoms with E-state index in [1.165, 1.54) is 0 Å². The number of nitrogens with two attached hydrogens (primary N) is 1. The lowest BCUT2D eigenvalue weighted by Gasteiger charge is -2.17. The monoisotopic (exact) mass is 276 g/mol. The zero-order valence-electron chi connectivity index (χ0n) is 11.3. The summed E-state index contributed by atoms with van der Waals surface area (Å²) in [5, 5.41) is 9.92. The molecule has 3 atom stereocenters. The minimum atomic E-state index is -0.374. The Balaban J connectivity index is 1.66. The summed E-state index contributed by atoms with van der Waals surface area (Å²) in [6.45, 7) is 2.64. The SMILES string of the molecule is NNC(=O)c1cccc(CN2CC3CCC(O)C3C2)n1. The minimum absolute atomic E-state index is 0.146. The molecule has 0 aromatic carbocycles. The molecular weight excluding hydrogens is 256 g/mol. The van der Waals surface area contributed by atoms with Crippen molar-refractivity contribution < 1.29 is 9.90 Å². The topological polar surface area (TPSA) is 91.5 Å². The highest BCUT2D eigenvalue weighted by molar-refractivity contribution is 5.91. The first-order valence-corrected chi connectivity index (χ1v) is 7.04. The van der Waals surface area contributed by atoms with E-state index in [0.717, 1.165) is 31.6 Å². The molecule has 0 spiro atoms. The van der Waals surface area contributed by atoms with E-state index in [2.05, 4.69) is 15.3 Å². The fraction of sp³-hybridized carbons (Fsp3) is 0.571. The smallest absolute Gasteiger partial charge is 0.283 e. The number of nitrogen functional groups attached to an aromatic ring is 1. The van der Waals surface area contributed by atoms with Crippen LogP contribution in [0.4, 0.5) is 0 Å². The molecule has 1 aromatic rings. The van der Waals surface area contributed by atoms with Crippen molar-refractivity contribution in [3.05, 3.63) is 29.6 Å². The summed E-state index contributed by atoms with van der Waals surface area (Å²) in [4.78, 5) is 18.1. The van der Waals surface area contributed by atoms with Crippen molar-refractivity contribution in [1.82, 2.24) is 15.3 Å². The number of nitrogens with zero attached hydrogens (tertiary/aromatic N) is 2. The second-order valence-corrected chi connectivity index (χ2v) is 5.75. The molecule has 1 amide bonds. The maximum absolute atomic E-state index is 11.5. The van der Waals surface area contributed by atoms with Crippen LogP contribution < -0.4 is 11.3 Å². The van der Waals surface area contributed by atoms with Gasteiger partial charge in [0.1, 0.15) is 5.69 Å². The standard InChI is InChI=1S/C14H20N4O2/c15-17-14(20)12-3-1-2-10(16-12)7-18-6-9-4-5-13(19)11(9)8-18/h1-3,9,11,13,19H,4-8,15H2,(H,17,20). The fourth-order valence-electron chi connectivity index (χ4n) is 3.46. The van der Waals surface area contributed by atoms with Crippen LogP contribution in [0.2, 0.25) is 0 Å². The van der Waals surface area contributed by atoms with Crippen molar-refractivity contribution in [2.75, 3.05) is 13.1 Å². The van der Waals surface area contributed by atoms with Gasteiger partial charge in [0.05, 0.1) is 11.8 Å². The summed E-state index contributed by atoms with van der Waals surface area (Å²) in [6.07, 6.45) is 1.91. The first-order chi connectivity index (χ1) is 9.67. The van der Waals surface area contributed by atoms with Gasteiger partial charge in [-0.25, -0.2) is 10.8 Å². The van der Waals surface area contributed by atoms with E-state index < -0.39 is 0 Å². The van der Waals surface area contributed by atoms with Crippen molar-refractivity contribution >= 4 is 5.91 Å². The maximum atomic E-state index is 11.5. The van der Waals surface area contributed by atoms with E-state index in [1.807, 2.05) is 12.1 Å². The van der Waals surface area contributed by atoms with Crippen LogP contribution in [0.1, 0.15) is 29.0 Å². The summed E-state index contributed by atoms with van der Waals surface area (Å²) < 4.78 is 0. The minimum Gasteiger partial charge on any atom is -0.393 e. The van der Waals surface area contributed by atoms with Crippen LogP contribution >= 0.6 is 0 Å². The van der Waals surface area contributed by atoms with Crippen LogP contribution in [0.3, 0.4) is 0 Å². The Kier molecular flexibility index (Phi) is 3.69. The van der Waals surface area contributed by atoms with Gasteiger partial charge in [0.15, 0.2) is 0 Å². The largest absolute Gasteiger partial charge is 0.393 e. The molecule has 1 aromatic heterocycles. The average molecular weight is 276 g/mol. The molecule has 108 valence electrons. The van der Waals surface area contributed by atoms with Crippen LogP contribution in [0.5, 0.6) is 0 Å². The highest BCUT2D eigenvalue weighted by Crippen LogP contribution is 2.38. The molecule has 6 heteroatoms. The summed E-state index contributed by atoms with van der Waals surface area (Å²) in [7, 11) is 0. The lowest BCUT2D eigenvalue weighted by molar-refractivity contribution is 0.0948. The van der Waals surface area contributed by atoms with Gasteiger partial charge in [0.25, 0.3) is 5.91 Å². The molecule has 6 nitrogen and oxygen atoms in total. The third-order valence-electron chi connectivity index (χ3n) is 4.45. The van der Waals surface area contributed by atoms with Crippen molar-refractivity contribution in [3.63, 3.8) is 0 Å². The number of pyridine rings is 1. The number of nitrogens with one attached hydrogen (secondary N) is 1. The zero-order chi connectivity index (χ0) is 14.1. The van der Waals surface area contributed by atoms with Crippen molar-refractivity contribution in [3.8, 4) is 0 Å². The van der Waals surface area contributed by atoms with Crippen molar-refractivity contribution in [2.45, 2.75) is 25.5 Å². The number of carbonyl (C=O) groups is 1. The number of aromatic nitrogens is 1. The first kappa shape index (κ1) is 13.5. The van der Waals surface area contributed by atoms with Gasteiger partial charge in [-0.05, 0) is 30.9 Å². The zero-order valence-corrected chi connectivity index (χ0v) is 11.3. The summed E-state index contributed by atoms with van der Waals surface area (Å²) in [5.41, 5.74) is 3.29. The Hall–Kier alpha value is -1.50. The molecule has 4 N–H and O–H groups in total. The van der Waals surface area contributed by atoms with Crippen LogP contribution in [0.25, 0.3) is 0 Å². The van der Waals surface area contributed by atoms with Crippen LogP contribution in [0.15, 0.2) is 18.2 Å². The average Bonchev–Trinajstić information content (AvgIpc) is 3.00. The van der Waals surface area contributed by atoms with Gasteiger partial charge in [0.2, 0.25) is 0 Å². The van der Waals surface area contributed by atoms with Gasteiger partial charge in [0, 0.05) is 25.6 Å². The normalized spacial score (nSPS) is 29.4. The van der Waals surface area contributed by atoms with E-state index in [0.29, 0.717) is 24.1 Å². The molecule has 1 aliphatic carbocycles. The summed E-state index contributed by atoms with van der Waals surface area (Å²) in [5.74, 6) is 5.76. The van der Waals surface area contributed by atoms with E-state index in [1.54, 1.807) is 6.07 Å². The Labute approximate surface area is 117 Å². The van der Waals surface area contributed by atoms with Crippen molar-refractivity contribution in [1.29, 1.82) is 0 Å². The highest BCUT2D eigenvalue weighted by atomic mass is 16.3. The molecule has 0 bridgehead atoms. The predicted octanol–water partition coefficient (Wildman–Crippen LogP) is -0.112. The molecular formula is C14H20N4O2. The molecule has 1 saturated heterocycles. The van der Waals surface area contributed by atoms with Crippen LogP contribution in [-0.2, 0) is 6.54 Å². The molecule has 2 aliphatic rings. The highest BCUT2D eigenvalue weighted by Gasteiger charge is 2.41. The number of rotatable bonds is 3. The number of likely N-dealkylation sites (tertiary alicyclic amines) is 1. The fourth-order valence-corrected chi connectivity index (χ4v) is 3.46. The van der Waals surface area contributed by atoms with Gasteiger partial charge >= 0.3 is 0 Å². The predicted molar refractivity (Wildman–Crippen MR) is 73.4 cm³/mol. The maximum Gasteiger partial charge on any atom is 0.283 e. The van der Waals surface area contributed by atoms with Crippen LogP contribution in [-0.4, -0.2) is 40.1 Å². The third kappa shape index (κ3) is 2.54. The summed E-state index contributed by atoms with van der Waals surface area (Å²) >= 11 is 0. The quantitative estimate of drug-likeness (QED) is 0.407. The number of hydrogen-bond donors (Lipinski definition) is 3. The number of fused-ring (bicyclic) bond motifs is 1. The second kappa shape index (κ2) is 5.47.